The second-order valence-corrected chi connectivity index (χ2v) is 8.55. The monoisotopic (exact) mass is 452 g/mol. The number of benzene rings is 3. The summed E-state index contributed by atoms with van der Waals surface area (Å²) < 4.78 is 8.19. The van der Waals surface area contributed by atoms with Crippen molar-refractivity contribution in [1.29, 1.82) is 0 Å². The maximum atomic E-state index is 11.6. The van der Waals surface area contributed by atoms with E-state index in [2.05, 4.69) is 15.9 Å². The Balaban J connectivity index is 1.95. The number of thiophene rings is 1. The molecule has 5 heteroatoms. The van der Waals surface area contributed by atoms with Crippen LogP contribution in [0.4, 0.5) is 0 Å². The Kier molecular flexibility index (Phi) is 4.96. The van der Waals surface area contributed by atoms with Gasteiger partial charge in [-0.05, 0) is 73.0 Å². The van der Waals surface area contributed by atoms with Gasteiger partial charge in [0.2, 0.25) is 0 Å². The average molecular weight is 453 g/mol. The molecule has 1 N–H and O–H groups in total. The highest BCUT2D eigenvalue weighted by Gasteiger charge is 2.20. The lowest BCUT2D eigenvalue weighted by Crippen LogP contribution is -1.94. The first-order valence-electron chi connectivity index (χ1n) is 8.72. The van der Waals surface area contributed by atoms with E-state index in [4.69, 9.17) is 4.74 Å². The van der Waals surface area contributed by atoms with E-state index in [9.17, 15) is 9.90 Å². The molecule has 3 nitrogen and oxygen atoms in total. The third kappa shape index (κ3) is 3.32. The molecule has 140 valence electrons. The quantitative estimate of drug-likeness (QED) is 0.331. The molecule has 0 atom stereocenters. The first-order valence-corrected chi connectivity index (χ1v) is 10.3. The number of ether oxygens (including phenoxy) is 1. The maximum Gasteiger partial charge on any atom is 0.153 e. The molecule has 0 saturated heterocycles. The normalized spacial score (nSPS) is 11.0. The molecule has 0 fully saturated rings. The smallest absolute Gasteiger partial charge is 0.153 e. The lowest BCUT2D eigenvalue weighted by atomic mass is 9.97. The minimum atomic E-state index is 0.213. The molecule has 0 unspecified atom stereocenters. The summed E-state index contributed by atoms with van der Waals surface area (Å²) in [5.41, 5.74) is 3.53. The average Bonchev–Trinajstić information content (AvgIpc) is 3.01. The number of aromatic hydroxyl groups is 1. The van der Waals surface area contributed by atoms with Crippen LogP contribution in [0.2, 0.25) is 0 Å². The number of halogens is 1. The highest BCUT2D eigenvalue weighted by Crippen LogP contribution is 2.48. The molecule has 4 rings (SSSR count). The largest absolute Gasteiger partial charge is 0.508 e. The van der Waals surface area contributed by atoms with Crippen molar-refractivity contribution in [3.8, 4) is 27.7 Å². The molecular weight excluding hydrogens is 436 g/mol. The van der Waals surface area contributed by atoms with Gasteiger partial charge >= 0.3 is 0 Å². The summed E-state index contributed by atoms with van der Waals surface area (Å²) in [6.07, 6.45) is 0.905. The second-order valence-electron chi connectivity index (χ2n) is 6.58. The zero-order valence-corrected chi connectivity index (χ0v) is 17.7. The number of carbonyl (C=O) groups is 1. The Hall–Kier alpha value is -2.63. The van der Waals surface area contributed by atoms with Crippen molar-refractivity contribution < 1.29 is 14.6 Å². The molecule has 1 heterocycles. The number of hydrogen-bond acceptors (Lipinski definition) is 4. The number of fused-ring (bicyclic) bond motifs is 1. The molecule has 3 aromatic carbocycles. The van der Waals surface area contributed by atoms with Crippen LogP contribution in [0.1, 0.15) is 21.5 Å². The van der Waals surface area contributed by atoms with Crippen LogP contribution in [0.25, 0.3) is 20.5 Å². The third-order valence-electron chi connectivity index (χ3n) is 4.76. The number of aldehydes is 1. The number of aryl methyl sites for hydroxylation is 1. The van der Waals surface area contributed by atoms with Crippen molar-refractivity contribution in [2.75, 3.05) is 0 Å². The van der Waals surface area contributed by atoms with Crippen molar-refractivity contribution in [3.63, 3.8) is 0 Å². The highest BCUT2D eigenvalue weighted by atomic mass is 79.9. The van der Waals surface area contributed by atoms with E-state index in [1.807, 2.05) is 56.3 Å². The summed E-state index contributed by atoms with van der Waals surface area (Å²) >= 11 is 4.98. The molecule has 0 amide bonds. The fraction of sp³-hybridized carbons (Fsp3) is 0.0870. The molecule has 4 aromatic rings. The van der Waals surface area contributed by atoms with Gasteiger partial charge in [0.1, 0.15) is 11.5 Å². The Morgan fingerprint density at radius 2 is 1.79 bits per heavy atom. The van der Waals surface area contributed by atoms with E-state index in [1.165, 1.54) is 0 Å². The van der Waals surface area contributed by atoms with Crippen LogP contribution in [0, 0.1) is 13.8 Å². The minimum Gasteiger partial charge on any atom is -0.508 e. The highest BCUT2D eigenvalue weighted by molar-refractivity contribution is 9.10. The van der Waals surface area contributed by atoms with Gasteiger partial charge in [-0.15, -0.1) is 11.3 Å². The number of rotatable bonds is 4. The van der Waals surface area contributed by atoms with Gasteiger partial charge in [0.05, 0.1) is 4.88 Å². The molecule has 28 heavy (non-hydrogen) atoms. The standard InChI is InChI=1S/C23H17BrO3S/c1-13-3-9-18(14(2)20(13)12-25)23-22(27-17-7-4-15(24)5-8-17)19-10-6-16(26)11-21(19)28-23/h3-12,26H,1-2H3. The van der Waals surface area contributed by atoms with Gasteiger partial charge in [-0.3, -0.25) is 4.79 Å². The summed E-state index contributed by atoms with van der Waals surface area (Å²) in [5, 5.41) is 10.8. The molecule has 0 bridgehead atoms. The molecule has 0 radical (unpaired) electrons. The maximum absolute atomic E-state index is 11.6. The first-order chi connectivity index (χ1) is 13.5. The zero-order valence-electron chi connectivity index (χ0n) is 15.3. The summed E-state index contributed by atoms with van der Waals surface area (Å²) in [6, 6.07) is 16.9. The lowest BCUT2D eigenvalue weighted by Gasteiger charge is -2.12. The van der Waals surface area contributed by atoms with Crippen LogP contribution in [0.5, 0.6) is 17.2 Å². The predicted molar refractivity (Wildman–Crippen MR) is 118 cm³/mol. The summed E-state index contributed by atoms with van der Waals surface area (Å²) in [7, 11) is 0. The van der Waals surface area contributed by atoms with Crippen LogP contribution in [0.15, 0.2) is 59.1 Å². The van der Waals surface area contributed by atoms with Crippen LogP contribution in [-0.4, -0.2) is 11.4 Å². The van der Waals surface area contributed by atoms with E-state index < -0.39 is 0 Å². The Morgan fingerprint density at radius 3 is 2.50 bits per heavy atom. The fourth-order valence-electron chi connectivity index (χ4n) is 3.25. The molecule has 0 spiro atoms. The van der Waals surface area contributed by atoms with E-state index in [-0.39, 0.29) is 5.75 Å². The fourth-order valence-corrected chi connectivity index (χ4v) is 4.76. The SMILES string of the molecule is Cc1ccc(-c2sc3cc(O)ccc3c2Oc2ccc(Br)cc2)c(C)c1C=O. The zero-order chi connectivity index (χ0) is 19.8. The molecule has 0 aliphatic carbocycles. The first kappa shape index (κ1) is 18.7. The van der Waals surface area contributed by atoms with E-state index in [0.717, 1.165) is 53.9 Å². The van der Waals surface area contributed by atoms with E-state index in [0.29, 0.717) is 5.56 Å². The van der Waals surface area contributed by atoms with Gasteiger partial charge in [0, 0.05) is 20.1 Å². The Labute approximate surface area is 175 Å². The molecular formula is C23H17BrO3S. The number of hydrogen-bond donors (Lipinski definition) is 1. The van der Waals surface area contributed by atoms with Crippen molar-refractivity contribution in [2.24, 2.45) is 0 Å². The third-order valence-corrected chi connectivity index (χ3v) is 6.45. The number of carbonyl (C=O) groups excluding carboxylic acids is 1. The molecule has 0 aliphatic rings. The summed E-state index contributed by atoms with van der Waals surface area (Å²) in [6.45, 7) is 3.89. The van der Waals surface area contributed by atoms with Gasteiger partial charge in [0.25, 0.3) is 0 Å². The summed E-state index contributed by atoms with van der Waals surface area (Å²) in [4.78, 5) is 12.5. The Morgan fingerprint density at radius 1 is 1.04 bits per heavy atom. The molecule has 1 aromatic heterocycles. The van der Waals surface area contributed by atoms with Gasteiger partial charge in [-0.25, -0.2) is 0 Å². The van der Waals surface area contributed by atoms with Crippen LogP contribution in [0.3, 0.4) is 0 Å². The van der Waals surface area contributed by atoms with Gasteiger partial charge in [0.15, 0.2) is 12.0 Å². The van der Waals surface area contributed by atoms with Crippen molar-refractivity contribution in [2.45, 2.75) is 13.8 Å². The van der Waals surface area contributed by atoms with Gasteiger partial charge < -0.3 is 9.84 Å². The van der Waals surface area contributed by atoms with Gasteiger partial charge in [-0.2, -0.15) is 0 Å². The Bertz CT molecular complexity index is 1190. The summed E-state index contributed by atoms with van der Waals surface area (Å²) in [5.74, 6) is 1.66. The topological polar surface area (TPSA) is 46.5 Å². The van der Waals surface area contributed by atoms with Crippen molar-refractivity contribution in [1.82, 2.24) is 0 Å². The van der Waals surface area contributed by atoms with Crippen LogP contribution < -0.4 is 4.74 Å². The van der Waals surface area contributed by atoms with Crippen molar-refractivity contribution in [3.05, 3.63) is 75.8 Å². The van der Waals surface area contributed by atoms with Crippen molar-refractivity contribution >= 4 is 43.6 Å². The van der Waals surface area contributed by atoms with E-state index >= 15 is 0 Å². The van der Waals surface area contributed by atoms with Gasteiger partial charge in [-0.1, -0.05) is 28.1 Å². The minimum absolute atomic E-state index is 0.213. The molecule has 0 saturated carbocycles. The van der Waals surface area contributed by atoms with E-state index in [1.54, 1.807) is 23.5 Å². The predicted octanol–water partition coefficient (Wildman–Crippen LogP) is 7.26. The van der Waals surface area contributed by atoms with Crippen LogP contribution in [-0.2, 0) is 0 Å². The number of phenols is 1. The lowest BCUT2D eigenvalue weighted by molar-refractivity contribution is 0.112. The number of phenolic OH excluding ortho intramolecular Hbond substituents is 1. The second kappa shape index (κ2) is 7.41. The molecule has 0 aliphatic heterocycles. The van der Waals surface area contributed by atoms with Crippen LogP contribution >= 0.6 is 27.3 Å².